The van der Waals surface area contributed by atoms with E-state index in [0.717, 1.165) is 18.6 Å². The molecule has 0 aliphatic heterocycles. The molecule has 1 aromatic carbocycles. The molecule has 0 fully saturated rings. The van der Waals surface area contributed by atoms with Crippen molar-refractivity contribution in [1.82, 2.24) is 0 Å². The molecule has 1 atom stereocenters. The zero-order chi connectivity index (χ0) is 9.68. The lowest BCUT2D eigenvalue weighted by Crippen LogP contribution is -2.00. The van der Waals surface area contributed by atoms with Crippen LogP contribution in [0.3, 0.4) is 0 Å². The van der Waals surface area contributed by atoms with E-state index in [1.165, 1.54) is 11.1 Å². The number of hydrogen-bond acceptors (Lipinski definition) is 1. The van der Waals surface area contributed by atoms with Crippen molar-refractivity contribution in [2.75, 3.05) is 5.75 Å². The van der Waals surface area contributed by atoms with Gasteiger partial charge >= 0.3 is 0 Å². The van der Waals surface area contributed by atoms with Crippen LogP contribution in [0.5, 0.6) is 0 Å². The Balaban J connectivity index is 2.58. The summed E-state index contributed by atoms with van der Waals surface area (Å²) in [5, 5.41) is 0. The maximum atomic E-state index is 4.28. The van der Waals surface area contributed by atoms with E-state index in [2.05, 4.69) is 50.7 Å². The van der Waals surface area contributed by atoms with Crippen LogP contribution in [-0.2, 0) is 12.8 Å². The minimum Gasteiger partial charge on any atom is -0.179 e. The summed E-state index contributed by atoms with van der Waals surface area (Å²) in [7, 11) is 0. The molecule has 1 aromatic rings. The summed E-state index contributed by atoms with van der Waals surface area (Å²) in [6.07, 6.45) is 2.27. The average molecular weight is 194 g/mol. The van der Waals surface area contributed by atoms with Crippen LogP contribution in [0.1, 0.15) is 25.0 Å². The number of benzene rings is 1. The monoisotopic (exact) mass is 194 g/mol. The molecule has 0 aliphatic carbocycles. The molecule has 0 radical (unpaired) electrons. The van der Waals surface area contributed by atoms with Gasteiger partial charge < -0.3 is 0 Å². The molecule has 13 heavy (non-hydrogen) atoms. The van der Waals surface area contributed by atoms with E-state index in [1.807, 2.05) is 0 Å². The van der Waals surface area contributed by atoms with Gasteiger partial charge in [0.1, 0.15) is 0 Å². The molecule has 0 saturated heterocycles. The maximum absolute atomic E-state index is 4.28. The molecule has 1 unspecified atom stereocenters. The van der Waals surface area contributed by atoms with Crippen molar-refractivity contribution in [1.29, 1.82) is 0 Å². The predicted molar refractivity (Wildman–Crippen MR) is 62.5 cm³/mol. The highest BCUT2D eigenvalue weighted by atomic mass is 32.1. The summed E-state index contributed by atoms with van der Waals surface area (Å²) >= 11 is 4.28. The fraction of sp³-hybridized carbons (Fsp3) is 0.500. The van der Waals surface area contributed by atoms with Gasteiger partial charge in [-0.15, -0.1) is 0 Å². The first-order valence-corrected chi connectivity index (χ1v) is 5.58. The van der Waals surface area contributed by atoms with Gasteiger partial charge in [0.05, 0.1) is 0 Å². The van der Waals surface area contributed by atoms with Gasteiger partial charge in [-0.05, 0) is 35.6 Å². The summed E-state index contributed by atoms with van der Waals surface area (Å²) in [5.74, 6) is 1.64. The second-order valence-corrected chi connectivity index (χ2v) is 4.03. The molecular formula is C12H18S. The minimum absolute atomic E-state index is 0.677. The fourth-order valence-corrected chi connectivity index (χ4v) is 1.51. The van der Waals surface area contributed by atoms with Gasteiger partial charge in [0.25, 0.3) is 0 Å². The van der Waals surface area contributed by atoms with Gasteiger partial charge in [0, 0.05) is 0 Å². The molecule has 1 rings (SSSR count). The normalized spacial score (nSPS) is 12.8. The molecular weight excluding hydrogens is 176 g/mol. The summed E-state index contributed by atoms with van der Waals surface area (Å²) in [4.78, 5) is 0. The van der Waals surface area contributed by atoms with Gasteiger partial charge in [0.15, 0.2) is 0 Å². The van der Waals surface area contributed by atoms with Crippen LogP contribution >= 0.6 is 12.6 Å². The zero-order valence-electron chi connectivity index (χ0n) is 8.46. The van der Waals surface area contributed by atoms with Crippen molar-refractivity contribution in [2.45, 2.75) is 26.7 Å². The first-order chi connectivity index (χ1) is 6.26. The lowest BCUT2D eigenvalue weighted by Gasteiger charge is -2.07. The number of thiol groups is 1. The quantitative estimate of drug-likeness (QED) is 0.698. The summed E-state index contributed by atoms with van der Waals surface area (Å²) in [6.45, 7) is 4.42. The van der Waals surface area contributed by atoms with E-state index in [0.29, 0.717) is 5.92 Å². The second-order valence-electron chi connectivity index (χ2n) is 3.66. The molecule has 72 valence electrons. The SMILES string of the molecule is CCc1ccc(CC(C)CS)cc1. The van der Waals surface area contributed by atoms with E-state index in [-0.39, 0.29) is 0 Å². The molecule has 0 spiro atoms. The van der Waals surface area contributed by atoms with Crippen molar-refractivity contribution < 1.29 is 0 Å². The van der Waals surface area contributed by atoms with Gasteiger partial charge in [0.2, 0.25) is 0 Å². The molecule has 0 heterocycles. The molecule has 0 saturated carbocycles. The number of aryl methyl sites for hydroxylation is 1. The van der Waals surface area contributed by atoms with Crippen molar-refractivity contribution in [3.8, 4) is 0 Å². The smallest absolute Gasteiger partial charge is 0.00690 e. The highest BCUT2D eigenvalue weighted by Gasteiger charge is 2.00. The minimum atomic E-state index is 0.677. The molecule has 0 nitrogen and oxygen atoms in total. The standard InChI is InChI=1S/C12H18S/c1-3-11-4-6-12(7-5-11)8-10(2)9-13/h4-7,10,13H,3,8-9H2,1-2H3. The van der Waals surface area contributed by atoms with E-state index in [1.54, 1.807) is 0 Å². The van der Waals surface area contributed by atoms with Crippen molar-refractivity contribution in [3.63, 3.8) is 0 Å². The topological polar surface area (TPSA) is 0 Å². The van der Waals surface area contributed by atoms with Gasteiger partial charge in [-0.3, -0.25) is 0 Å². The van der Waals surface area contributed by atoms with Crippen LogP contribution in [0.15, 0.2) is 24.3 Å². The Hall–Kier alpha value is -0.430. The van der Waals surface area contributed by atoms with Gasteiger partial charge in [-0.1, -0.05) is 38.1 Å². The van der Waals surface area contributed by atoms with Crippen molar-refractivity contribution in [3.05, 3.63) is 35.4 Å². The average Bonchev–Trinajstić information content (AvgIpc) is 2.19. The highest BCUT2D eigenvalue weighted by molar-refractivity contribution is 7.80. The maximum Gasteiger partial charge on any atom is -0.00690 e. The Morgan fingerprint density at radius 1 is 1.15 bits per heavy atom. The van der Waals surface area contributed by atoms with Crippen LogP contribution in [-0.4, -0.2) is 5.75 Å². The highest BCUT2D eigenvalue weighted by Crippen LogP contribution is 2.11. The Kier molecular flexibility index (Phi) is 4.37. The lowest BCUT2D eigenvalue weighted by molar-refractivity contribution is 0.660. The summed E-state index contributed by atoms with van der Waals surface area (Å²) < 4.78 is 0. The van der Waals surface area contributed by atoms with Crippen LogP contribution in [0.2, 0.25) is 0 Å². The molecule has 1 heteroatoms. The van der Waals surface area contributed by atoms with Crippen LogP contribution in [0, 0.1) is 5.92 Å². The van der Waals surface area contributed by atoms with Crippen LogP contribution < -0.4 is 0 Å². The largest absolute Gasteiger partial charge is 0.179 e. The molecule has 0 N–H and O–H groups in total. The molecule has 0 aromatic heterocycles. The van der Waals surface area contributed by atoms with Gasteiger partial charge in [-0.25, -0.2) is 0 Å². The Morgan fingerprint density at radius 2 is 1.69 bits per heavy atom. The third-order valence-electron chi connectivity index (χ3n) is 2.33. The second kappa shape index (κ2) is 5.33. The number of rotatable bonds is 4. The van der Waals surface area contributed by atoms with E-state index in [4.69, 9.17) is 0 Å². The summed E-state index contributed by atoms with van der Waals surface area (Å²) in [5.41, 5.74) is 2.85. The molecule has 0 aliphatic rings. The summed E-state index contributed by atoms with van der Waals surface area (Å²) in [6, 6.07) is 8.92. The Labute approximate surface area is 86.8 Å². The van der Waals surface area contributed by atoms with Crippen LogP contribution in [0.25, 0.3) is 0 Å². The zero-order valence-corrected chi connectivity index (χ0v) is 9.35. The first kappa shape index (κ1) is 10.6. The lowest BCUT2D eigenvalue weighted by atomic mass is 10.0. The molecule has 0 bridgehead atoms. The molecule has 0 amide bonds. The van der Waals surface area contributed by atoms with Gasteiger partial charge in [-0.2, -0.15) is 12.6 Å². The third-order valence-corrected chi connectivity index (χ3v) is 2.95. The Morgan fingerprint density at radius 3 is 2.15 bits per heavy atom. The van der Waals surface area contributed by atoms with E-state index in [9.17, 15) is 0 Å². The predicted octanol–water partition coefficient (Wildman–Crippen LogP) is 3.36. The number of hydrogen-bond donors (Lipinski definition) is 1. The van der Waals surface area contributed by atoms with E-state index >= 15 is 0 Å². The first-order valence-electron chi connectivity index (χ1n) is 4.95. The van der Waals surface area contributed by atoms with Crippen molar-refractivity contribution in [2.24, 2.45) is 5.92 Å². The fourth-order valence-electron chi connectivity index (χ4n) is 1.38. The van der Waals surface area contributed by atoms with Crippen molar-refractivity contribution >= 4 is 12.6 Å². The Bertz CT molecular complexity index is 238. The third kappa shape index (κ3) is 3.43. The van der Waals surface area contributed by atoms with E-state index < -0.39 is 0 Å². The van der Waals surface area contributed by atoms with Crippen LogP contribution in [0.4, 0.5) is 0 Å².